The highest BCUT2D eigenvalue weighted by Crippen LogP contribution is 2.45. The zero-order valence-corrected chi connectivity index (χ0v) is 20.5. The van der Waals surface area contributed by atoms with Crippen molar-refractivity contribution in [2.45, 2.75) is 25.8 Å². The van der Waals surface area contributed by atoms with Crippen molar-refractivity contribution in [2.24, 2.45) is 0 Å². The average molecular weight is 492 g/mol. The molecule has 0 atom stereocenters. The third-order valence-corrected chi connectivity index (χ3v) is 6.73. The van der Waals surface area contributed by atoms with E-state index in [0.29, 0.717) is 46.2 Å². The van der Waals surface area contributed by atoms with Gasteiger partial charge in [0.2, 0.25) is 5.95 Å². The van der Waals surface area contributed by atoms with Crippen LogP contribution >= 0.6 is 23.2 Å². The Morgan fingerprint density at radius 1 is 1.03 bits per heavy atom. The molecule has 1 N–H and O–H groups in total. The Morgan fingerprint density at radius 2 is 1.70 bits per heavy atom. The van der Waals surface area contributed by atoms with Crippen molar-refractivity contribution in [1.29, 1.82) is 0 Å². The van der Waals surface area contributed by atoms with Gasteiger partial charge in [0.05, 0.1) is 29.8 Å². The molecule has 33 heavy (non-hydrogen) atoms. The summed E-state index contributed by atoms with van der Waals surface area (Å²) in [5.74, 6) is 1.18. The van der Waals surface area contributed by atoms with Crippen LogP contribution < -0.4 is 20.3 Å². The van der Waals surface area contributed by atoms with Crippen molar-refractivity contribution in [3.05, 3.63) is 38.7 Å². The van der Waals surface area contributed by atoms with Gasteiger partial charge < -0.3 is 19.7 Å². The summed E-state index contributed by atoms with van der Waals surface area (Å²) >= 11 is 13.3. The average Bonchev–Trinajstić information content (AvgIpc) is 2.84. The van der Waals surface area contributed by atoms with E-state index in [0.717, 1.165) is 19.6 Å². The molecule has 3 aromatic rings. The van der Waals surface area contributed by atoms with E-state index < -0.39 is 0 Å². The van der Waals surface area contributed by atoms with E-state index in [4.69, 9.17) is 32.7 Å². The van der Waals surface area contributed by atoms with Gasteiger partial charge in [0.25, 0.3) is 5.56 Å². The number of ether oxygens (including phenoxy) is 2. The lowest BCUT2D eigenvalue weighted by molar-refractivity contribution is 0.221. The Labute approximate surface area is 202 Å². The van der Waals surface area contributed by atoms with Crippen LogP contribution in [-0.2, 0) is 6.54 Å². The molecular formula is C23H27Cl2N5O3. The molecule has 8 nitrogen and oxygen atoms in total. The molecule has 2 aromatic heterocycles. The molecule has 1 aromatic carbocycles. The second-order valence-corrected chi connectivity index (χ2v) is 8.68. The van der Waals surface area contributed by atoms with Crippen LogP contribution in [0.2, 0.25) is 10.0 Å². The van der Waals surface area contributed by atoms with Crippen LogP contribution in [0.25, 0.3) is 22.2 Å². The molecule has 0 bridgehead atoms. The summed E-state index contributed by atoms with van der Waals surface area (Å²) < 4.78 is 12.5. The highest BCUT2D eigenvalue weighted by molar-refractivity contribution is 6.41. The number of aromatic nitrogens is 3. The summed E-state index contributed by atoms with van der Waals surface area (Å²) in [5.41, 5.74) is 1.03. The summed E-state index contributed by atoms with van der Waals surface area (Å²) in [6, 6.07) is 3.33. The van der Waals surface area contributed by atoms with Gasteiger partial charge >= 0.3 is 0 Å². The highest BCUT2D eigenvalue weighted by atomic mass is 35.5. The zero-order valence-electron chi connectivity index (χ0n) is 19.0. The molecule has 1 fully saturated rings. The third kappa shape index (κ3) is 4.60. The number of hydrogen-bond acceptors (Lipinski definition) is 7. The lowest BCUT2D eigenvalue weighted by atomic mass is 10.0. The monoisotopic (exact) mass is 491 g/mol. The Balaban J connectivity index is 1.92. The van der Waals surface area contributed by atoms with Gasteiger partial charge in [-0.25, -0.2) is 4.98 Å². The molecule has 0 radical (unpaired) electrons. The number of halogens is 2. The predicted octanol–water partition coefficient (Wildman–Crippen LogP) is 4.31. The van der Waals surface area contributed by atoms with E-state index in [1.54, 1.807) is 29.9 Å². The van der Waals surface area contributed by atoms with Gasteiger partial charge in [-0.3, -0.25) is 9.36 Å². The summed E-state index contributed by atoms with van der Waals surface area (Å²) in [5, 5.41) is 4.14. The second kappa shape index (κ2) is 10.2. The Morgan fingerprint density at radius 3 is 2.30 bits per heavy atom. The van der Waals surface area contributed by atoms with Gasteiger partial charge in [-0.05, 0) is 32.0 Å². The van der Waals surface area contributed by atoms with E-state index in [1.165, 1.54) is 33.5 Å². The minimum absolute atomic E-state index is 0.237. The number of rotatable bonds is 7. The second-order valence-electron chi connectivity index (χ2n) is 7.92. The third-order valence-electron chi connectivity index (χ3n) is 5.98. The first-order valence-corrected chi connectivity index (χ1v) is 11.6. The van der Waals surface area contributed by atoms with Gasteiger partial charge in [0, 0.05) is 43.4 Å². The molecule has 10 heteroatoms. The van der Waals surface area contributed by atoms with Gasteiger partial charge in [0.15, 0.2) is 0 Å². The maximum Gasteiger partial charge on any atom is 0.260 e. The van der Waals surface area contributed by atoms with Crippen LogP contribution in [0, 0.1) is 0 Å². The molecule has 0 spiro atoms. The number of pyridine rings is 1. The number of nitrogens with zero attached hydrogens (tertiary/aromatic N) is 4. The maximum atomic E-state index is 13.8. The first kappa shape index (κ1) is 23.6. The normalized spacial score (nSPS) is 14.5. The minimum atomic E-state index is -0.237. The van der Waals surface area contributed by atoms with Crippen molar-refractivity contribution >= 4 is 40.2 Å². The molecule has 3 heterocycles. The quantitative estimate of drug-likeness (QED) is 0.527. The molecule has 0 unspecified atom stereocenters. The summed E-state index contributed by atoms with van der Waals surface area (Å²) in [7, 11) is 4.75. The Bertz CT molecular complexity index is 1200. The van der Waals surface area contributed by atoms with E-state index in [9.17, 15) is 4.79 Å². The van der Waals surface area contributed by atoms with Crippen molar-refractivity contribution in [1.82, 2.24) is 19.4 Å². The van der Waals surface area contributed by atoms with Crippen molar-refractivity contribution in [3.63, 3.8) is 0 Å². The van der Waals surface area contributed by atoms with Gasteiger partial charge in [-0.15, -0.1) is 0 Å². The maximum absolute atomic E-state index is 13.8. The molecule has 0 saturated carbocycles. The molecule has 4 rings (SSSR count). The summed E-state index contributed by atoms with van der Waals surface area (Å²) in [4.78, 5) is 25.1. The zero-order chi connectivity index (χ0) is 23.5. The van der Waals surface area contributed by atoms with Crippen LogP contribution in [0.15, 0.2) is 23.1 Å². The smallest absolute Gasteiger partial charge is 0.260 e. The number of likely N-dealkylation sites (tertiary alicyclic amines) is 1. The minimum Gasteiger partial charge on any atom is -0.495 e. The molecule has 1 aliphatic heterocycles. The van der Waals surface area contributed by atoms with Gasteiger partial charge in [0.1, 0.15) is 17.1 Å². The number of anilines is 1. The number of piperidine rings is 1. The largest absolute Gasteiger partial charge is 0.495 e. The fourth-order valence-electron chi connectivity index (χ4n) is 4.21. The van der Waals surface area contributed by atoms with Gasteiger partial charge in [-0.2, -0.15) is 4.98 Å². The molecule has 0 amide bonds. The molecule has 176 valence electrons. The summed E-state index contributed by atoms with van der Waals surface area (Å²) in [6.45, 7) is 3.31. The summed E-state index contributed by atoms with van der Waals surface area (Å²) in [6.07, 6.45) is 5.29. The lowest BCUT2D eigenvalue weighted by Crippen LogP contribution is -2.35. The van der Waals surface area contributed by atoms with Gasteiger partial charge in [-0.1, -0.05) is 29.6 Å². The first-order valence-electron chi connectivity index (χ1n) is 10.9. The Kier molecular flexibility index (Phi) is 7.26. The first-order chi connectivity index (χ1) is 16.0. The van der Waals surface area contributed by atoms with Crippen molar-refractivity contribution < 1.29 is 9.47 Å². The predicted molar refractivity (Wildman–Crippen MR) is 132 cm³/mol. The van der Waals surface area contributed by atoms with E-state index >= 15 is 0 Å². The number of fused-ring (bicyclic) bond motifs is 1. The lowest BCUT2D eigenvalue weighted by Gasteiger charge is -2.27. The van der Waals surface area contributed by atoms with Crippen LogP contribution in [-0.4, -0.2) is 60.3 Å². The molecule has 0 aliphatic carbocycles. The molecule has 1 saturated heterocycles. The van der Waals surface area contributed by atoms with Crippen molar-refractivity contribution in [2.75, 3.05) is 46.2 Å². The standard InChI is InChI=1S/C23H27Cl2N5O3/c1-26-23-27-13-14-11-15(18-19(24)16(32-2)12-17(33-3)20(18)25)22(31)30(21(14)28-23)10-9-29-7-5-4-6-8-29/h11-13H,4-10H2,1-3H3,(H,26,27,28). The van der Waals surface area contributed by atoms with Crippen LogP contribution in [0.4, 0.5) is 5.95 Å². The Hall–Kier alpha value is -2.55. The van der Waals surface area contributed by atoms with Crippen LogP contribution in [0.1, 0.15) is 19.3 Å². The SMILES string of the molecule is CNc1ncc2cc(-c3c(Cl)c(OC)cc(OC)c3Cl)c(=O)n(CCN3CCCCC3)c2n1. The fraction of sp³-hybridized carbons (Fsp3) is 0.435. The molecular weight excluding hydrogens is 465 g/mol. The molecule has 1 aliphatic rings. The van der Waals surface area contributed by atoms with Crippen LogP contribution in [0.5, 0.6) is 11.5 Å². The number of methoxy groups -OCH3 is 2. The number of nitrogens with one attached hydrogen (secondary N) is 1. The number of hydrogen-bond donors (Lipinski definition) is 1. The van der Waals surface area contributed by atoms with E-state index in [-0.39, 0.29) is 15.6 Å². The van der Waals surface area contributed by atoms with E-state index in [1.807, 2.05) is 0 Å². The topological polar surface area (TPSA) is 81.5 Å². The van der Waals surface area contributed by atoms with Crippen molar-refractivity contribution in [3.8, 4) is 22.6 Å². The number of benzene rings is 1. The fourth-order valence-corrected chi connectivity index (χ4v) is 4.92. The van der Waals surface area contributed by atoms with Crippen LogP contribution in [0.3, 0.4) is 0 Å². The highest BCUT2D eigenvalue weighted by Gasteiger charge is 2.23. The van der Waals surface area contributed by atoms with E-state index in [2.05, 4.69) is 20.2 Å².